The van der Waals surface area contributed by atoms with E-state index in [1.165, 1.54) is 7.05 Å². The standard InChI is InChI=1S/C14H22F3N3O/c1-4-6-7-10(5-2)8-18-13(21)11-9-20(3)19-12(11)14(15,16)17/h9-10H,4-8H2,1-3H3,(H,18,21). The molecule has 0 radical (unpaired) electrons. The lowest BCUT2D eigenvalue weighted by atomic mass is 9.99. The Bertz CT molecular complexity index is 469. The summed E-state index contributed by atoms with van der Waals surface area (Å²) in [6, 6.07) is 0. The predicted molar refractivity (Wildman–Crippen MR) is 73.8 cm³/mol. The first-order valence-corrected chi connectivity index (χ1v) is 7.18. The molecule has 1 unspecified atom stereocenters. The highest BCUT2D eigenvalue weighted by Crippen LogP contribution is 2.30. The van der Waals surface area contributed by atoms with Crippen LogP contribution in [0.2, 0.25) is 0 Å². The van der Waals surface area contributed by atoms with Crippen molar-refractivity contribution >= 4 is 5.91 Å². The van der Waals surface area contributed by atoms with Crippen LogP contribution < -0.4 is 5.32 Å². The quantitative estimate of drug-likeness (QED) is 0.839. The first-order chi connectivity index (χ1) is 9.79. The first-order valence-electron chi connectivity index (χ1n) is 7.18. The molecule has 0 spiro atoms. The molecule has 0 aromatic carbocycles. The fraction of sp³-hybridized carbons (Fsp3) is 0.714. The number of rotatable bonds is 7. The molecule has 1 atom stereocenters. The topological polar surface area (TPSA) is 46.9 Å². The van der Waals surface area contributed by atoms with E-state index in [-0.39, 0.29) is 0 Å². The van der Waals surface area contributed by atoms with Gasteiger partial charge in [-0.25, -0.2) is 0 Å². The number of nitrogens with zero attached hydrogens (tertiary/aromatic N) is 2. The van der Waals surface area contributed by atoms with Gasteiger partial charge in [0.25, 0.3) is 5.91 Å². The van der Waals surface area contributed by atoms with Gasteiger partial charge in [-0.05, 0) is 12.3 Å². The van der Waals surface area contributed by atoms with Crippen molar-refractivity contribution in [2.24, 2.45) is 13.0 Å². The number of amides is 1. The highest BCUT2D eigenvalue weighted by molar-refractivity contribution is 5.95. The molecule has 0 aliphatic heterocycles. The van der Waals surface area contributed by atoms with Gasteiger partial charge in [0.15, 0.2) is 5.69 Å². The zero-order valence-corrected chi connectivity index (χ0v) is 12.6. The Morgan fingerprint density at radius 2 is 2.10 bits per heavy atom. The first kappa shape index (κ1) is 17.5. The Kier molecular flexibility index (Phi) is 6.23. The minimum absolute atomic E-state index is 0.292. The van der Waals surface area contributed by atoms with E-state index < -0.39 is 23.3 Å². The zero-order valence-electron chi connectivity index (χ0n) is 12.6. The minimum atomic E-state index is -4.62. The number of aromatic nitrogens is 2. The van der Waals surface area contributed by atoms with Crippen LogP contribution in [0.5, 0.6) is 0 Å². The second-order valence-corrected chi connectivity index (χ2v) is 5.19. The lowest BCUT2D eigenvalue weighted by Crippen LogP contribution is -2.30. The fourth-order valence-electron chi connectivity index (χ4n) is 2.14. The average molecular weight is 305 g/mol. The summed E-state index contributed by atoms with van der Waals surface area (Å²) in [5.41, 5.74) is -1.56. The van der Waals surface area contributed by atoms with Gasteiger partial charge in [0, 0.05) is 19.8 Å². The van der Waals surface area contributed by atoms with Crippen molar-refractivity contribution in [3.63, 3.8) is 0 Å². The van der Waals surface area contributed by atoms with Crippen molar-refractivity contribution in [2.75, 3.05) is 6.54 Å². The molecule has 1 N–H and O–H groups in total. The Morgan fingerprint density at radius 1 is 1.43 bits per heavy atom. The van der Waals surface area contributed by atoms with Gasteiger partial charge in [-0.1, -0.05) is 33.1 Å². The van der Waals surface area contributed by atoms with E-state index in [4.69, 9.17) is 0 Å². The van der Waals surface area contributed by atoms with Crippen LogP contribution in [-0.2, 0) is 13.2 Å². The van der Waals surface area contributed by atoms with E-state index in [9.17, 15) is 18.0 Å². The maximum absolute atomic E-state index is 12.8. The molecule has 120 valence electrons. The average Bonchev–Trinajstić information content (AvgIpc) is 2.81. The third-order valence-electron chi connectivity index (χ3n) is 3.44. The van der Waals surface area contributed by atoms with Gasteiger partial charge in [0.2, 0.25) is 0 Å². The van der Waals surface area contributed by atoms with Crippen molar-refractivity contribution < 1.29 is 18.0 Å². The number of carbonyl (C=O) groups is 1. The molecular formula is C14H22F3N3O. The maximum atomic E-state index is 12.8. The molecule has 1 aromatic heterocycles. The van der Waals surface area contributed by atoms with E-state index >= 15 is 0 Å². The van der Waals surface area contributed by atoms with Crippen LogP contribution in [0, 0.1) is 5.92 Å². The Hall–Kier alpha value is -1.53. The lowest BCUT2D eigenvalue weighted by molar-refractivity contribution is -0.141. The van der Waals surface area contributed by atoms with Crippen molar-refractivity contribution in [1.29, 1.82) is 0 Å². The molecule has 0 bridgehead atoms. The predicted octanol–water partition coefficient (Wildman–Crippen LogP) is 3.39. The van der Waals surface area contributed by atoms with Gasteiger partial charge in [0.05, 0.1) is 5.56 Å². The molecule has 0 saturated heterocycles. The SMILES string of the molecule is CCCCC(CC)CNC(=O)c1cn(C)nc1C(F)(F)F. The third kappa shape index (κ3) is 5.06. The van der Waals surface area contributed by atoms with Crippen LogP contribution in [0.25, 0.3) is 0 Å². The van der Waals surface area contributed by atoms with Crippen molar-refractivity contribution in [3.05, 3.63) is 17.5 Å². The third-order valence-corrected chi connectivity index (χ3v) is 3.44. The second kappa shape index (κ2) is 7.47. The van der Waals surface area contributed by atoms with Crippen molar-refractivity contribution in [3.8, 4) is 0 Å². The molecule has 0 aliphatic rings. The smallest absolute Gasteiger partial charge is 0.352 e. The Balaban J connectivity index is 2.72. The van der Waals surface area contributed by atoms with Gasteiger partial charge in [-0.2, -0.15) is 18.3 Å². The molecule has 0 fully saturated rings. The maximum Gasteiger partial charge on any atom is 0.435 e. The van der Waals surface area contributed by atoms with Gasteiger partial charge >= 0.3 is 6.18 Å². The number of nitrogens with one attached hydrogen (secondary N) is 1. The summed E-state index contributed by atoms with van der Waals surface area (Å²) in [4.78, 5) is 12.0. The van der Waals surface area contributed by atoms with Crippen LogP contribution in [-0.4, -0.2) is 22.2 Å². The molecular weight excluding hydrogens is 283 g/mol. The molecule has 4 nitrogen and oxygen atoms in total. The number of hydrogen-bond acceptors (Lipinski definition) is 2. The van der Waals surface area contributed by atoms with Crippen molar-refractivity contribution in [2.45, 2.75) is 45.7 Å². The second-order valence-electron chi connectivity index (χ2n) is 5.19. The van der Waals surface area contributed by atoms with E-state index in [1.807, 2.05) is 6.92 Å². The largest absolute Gasteiger partial charge is 0.435 e. The van der Waals surface area contributed by atoms with E-state index in [1.54, 1.807) is 0 Å². The summed E-state index contributed by atoms with van der Waals surface area (Å²) < 4.78 is 39.4. The van der Waals surface area contributed by atoms with Crippen LogP contribution >= 0.6 is 0 Å². The molecule has 1 heterocycles. The zero-order chi connectivity index (χ0) is 16.0. The number of hydrogen-bond donors (Lipinski definition) is 1. The Labute approximate surface area is 122 Å². The van der Waals surface area contributed by atoms with E-state index in [0.29, 0.717) is 12.5 Å². The fourth-order valence-corrected chi connectivity index (χ4v) is 2.14. The monoisotopic (exact) mass is 305 g/mol. The summed E-state index contributed by atoms with van der Waals surface area (Å²) in [6.07, 6.45) is 0.442. The minimum Gasteiger partial charge on any atom is -0.352 e. The van der Waals surface area contributed by atoms with Crippen LogP contribution in [0.4, 0.5) is 13.2 Å². The molecule has 1 amide bonds. The lowest BCUT2D eigenvalue weighted by Gasteiger charge is -2.15. The molecule has 1 aromatic rings. The normalized spacial score (nSPS) is 13.2. The van der Waals surface area contributed by atoms with Crippen LogP contribution in [0.15, 0.2) is 6.20 Å². The summed E-state index contributed by atoms with van der Waals surface area (Å²) in [6.45, 7) is 4.48. The van der Waals surface area contributed by atoms with Gasteiger partial charge in [-0.3, -0.25) is 9.48 Å². The molecule has 21 heavy (non-hydrogen) atoms. The van der Waals surface area contributed by atoms with Gasteiger partial charge in [-0.15, -0.1) is 0 Å². The summed E-state index contributed by atoms with van der Waals surface area (Å²) in [7, 11) is 1.36. The van der Waals surface area contributed by atoms with Crippen LogP contribution in [0.1, 0.15) is 55.6 Å². The highest BCUT2D eigenvalue weighted by atomic mass is 19.4. The number of carbonyl (C=O) groups excluding carboxylic acids is 1. The highest BCUT2D eigenvalue weighted by Gasteiger charge is 2.38. The molecule has 0 aliphatic carbocycles. The number of aryl methyl sites for hydroxylation is 1. The number of halogens is 3. The van der Waals surface area contributed by atoms with Gasteiger partial charge < -0.3 is 5.32 Å². The van der Waals surface area contributed by atoms with Crippen molar-refractivity contribution in [1.82, 2.24) is 15.1 Å². The number of alkyl halides is 3. The van der Waals surface area contributed by atoms with E-state index in [2.05, 4.69) is 17.3 Å². The van der Waals surface area contributed by atoms with Gasteiger partial charge in [0.1, 0.15) is 0 Å². The summed E-state index contributed by atoms with van der Waals surface area (Å²) in [5.74, 6) is -0.426. The van der Waals surface area contributed by atoms with Crippen LogP contribution in [0.3, 0.4) is 0 Å². The number of unbranched alkanes of at least 4 members (excludes halogenated alkanes) is 1. The Morgan fingerprint density at radius 3 is 2.62 bits per heavy atom. The summed E-state index contributed by atoms with van der Waals surface area (Å²) >= 11 is 0. The molecule has 0 saturated carbocycles. The molecule has 7 heteroatoms. The summed E-state index contributed by atoms with van der Waals surface area (Å²) in [5, 5.41) is 5.92. The van der Waals surface area contributed by atoms with E-state index in [0.717, 1.165) is 36.6 Å². The molecule has 1 rings (SSSR count).